The third-order valence-corrected chi connectivity index (χ3v) is 4.41. The first kappa shape index (κ1) is 13.3. The SMILES string of the molecule is Cc1ccc(CCC(N)C2CCc3cccnc32)cc1. The van der Waals surface area contributed by atoms with Crippen molar-refractivity contribution in [1.82, 2.24) is 4.98 Å². The lowest BCUT2D eigenvalue weighted by molar-refractivity contribution is 0.490. The van der Waals surface area contributed by atoms with Crippen molar-refractivity contribution in [3.8, 4) is 0 Å². The van der Waals surface area contributed by atoms with Crippen LogP contribution in [-0.4, -0.2) is 11.0 Å². The fraction of sp³-hybridized carbons (Fsp3) is 0.389. The molecule has 3 rings (SSSR count). The molecule has 1 aromatic carbocycles. The first-order valence-corrected chi connectivity index (χ1v) is 7.49. The summed E-state index contributed by atoms with van der Waals surface area (Å²) in [7, 11) is 0. The molecule has 2 nitrogen and oxygen atoms in total. The number of nitrogens with zero attached hydrogens (tertiary/aromatic N) is 1. The number of hydrogen-bond acceptors (Lipinski definition) is 2. The summed E-state index contributed by atoms with van der Waals surface area (Å²) in [5.74, 6) is 0.441. The van der Waals surface area contributed by atoms with E-state index in [-0.39, 0.29) is 6.04 Å². The number of benzene rings is 1. The van der Waals surface area contributed by atoms with Gasteiger partial charge in [-0.3, -0.25) is 4.98 Å². The second-order valence-electron chi connectivity index (χ2n) is 5.88. The van der Waals surface area contributed by atoms with E-state index in [1.165, 1.54) is 22.4 Å². The van der Waals surface area contributed by atoms with E-state index in [1.54, 1.807) is 0 Å². The molecule has 0 aliphatic heterocycles. The van der Waals surface area contributed by atoms with Crippen molar-refractivity contribution in [3.05, 3.63) is 65.0 Å². The molecule has 104 valence electrons. The Kier molecular flexibility index (Phi) is 3.83. The lowest BCUT2D eigenvalue weighted by atomic mass is 9.92. The highest BCUT2D eigenvalue weighted by Crippen LogP contribution is 2.34. The Labute approximate surface area is 121 Å². The van der Waals surface area contributed by atoms with Crippen LogP contribution in [0, 0.1) is 6.92 Å². The van der Waals surface area contributed by atoms with Crippen LogP contribution in [0.5, 0.6) is 0 Å². The number of aromatic nitrogens is 1. The van der Waals surface area contributed by atoms with Gasteiger partial charge in [-0.15, -0.1) is 0 Å². The monoisotopic (exact) mass is 266 g/mol. The van der Waals surface area contributed by atoms with Crippen molar-refractivity contribution in [1.29, 1.82) is 0 Å². The normalized spacial score (nSPS) is 18.8. The average Bonchev–Trinajstić information content (AvgIpc) is 2.90. The standard InChI is InChI=1S/C18H22N2/c1-13-4-6-14(7-5-13)8-11-17(19)16-10-9-15-3-2-12-20-18(15)16/h2-7,12,16-17H,8-11,19H2,1H3. The van der Waals surface area contributed by atoms with Crippen LogP contribution in [-0.2, 0) is 12.8 Å². The minimum Gasteiger partial charge on any atom is -0.327 e. The van der Waals surface area contributed by atoms with Crippen LogP contribution in [0.4, 0.5) is 0 Å². The number of pyridine rings is 1. The molecule has 0 amide bonds. The number of nitrogens with two attached hydrogens (primary N) is 1. The predicted molar refractivity (Wildman–Crippen MR) is 82.8 cm³/mol. The molecule has 2 aromatic rings. The number of fused-ring (bicyclic) bond motifs is 1. The summed E-state index contributed by atoms with van der Waals surface area (Å²) in [4.78, 5) is 4.55. The van der Waals surface area contributed by atoms with Crippen molar-refractivity contribution in [2.24, 2.45) is 5.73 Å². The predicted octanol–water partition coefficient (Wildman–Crippen LogP) is 3.38. The Balaban J connectivity index is 1.63. The van der Waals surface area contributed by atoms with Crippen LogP contribution in [0.15, 0.2) is 42.6 Å². The molecule has 1 aliphatic rings. The number of aryl methyl sites for hydroxylation is 3. The Morgan fingerprint density at radius 1 is 1.25 bits per heavy atom. The molecule has 0 radical (unpaired) electrons. The van der Waals surface area contributed by atoms with Crippen LogP contribution in [0.2, 0.25) is 0 Å². The molecule has 0 spiro atoms. The fourth-order valence-corrected chi connectivity index (χ4v) is 3.15. The van der Waals surface area contributed by atoms with Gasteiger partial charge in [-0.2, -0.15) is 0 Å². The van der Waals surface area contributed by atoms with Crippen LogP contribution in [0.1, 0.15) is 41.1 Å². The van der Waals surface area contributed by atoms with E-state index in [9.17, 15) is 0 Å². The molecular formula is C18H22N2. The second-order valence-corrected chi connectivity index (χ2v) is 5.88. The second kappa shape index (κ2) is 5.76. The number of rotatable bonds is 4. The lowest BCUT2D eigenvalue weighted by Crippen LogP contribution is -2.28. The van der Waals surface area contributed by atoms with Gasteiger partial charge in [-0.1, -0.05) is 35.9 Å². The van der Waals surface area contributed by atoms with E-state index < -0.39 is 0 Å². The highest BCUT2D eigenvalue weighted by Gasteiger charge is 2.28. The van der Waals surface area contributed by atoms with Crippen LogP contribution < -0.4 is 5.73 Å². The zero-order valence-electron chi connectivity index (χ0n) is 12.0. The molecule has 0 saturated carbocycles. The van der Waals surface area contributed by atoms with E-state index in [1.807, 2.05) is 12.3 Å². The topological polar surface area (TPSA) is 38.9 Å². The summed E-state index contributed by atoms with van der Waals surface area (Å²) < 4.78 is 0. The Hall–Kier alpha value is -1.67. The van der Waals surface area contributed by atoms with Crippen LogP contribution in [0.3, 0.4) is 0 Å². The smallest absolute Gasteiger partial charge is 0.0482 e. The fourth-order valence-electron chi connectivity index (χ4n) is 3.15. The minimum atomic E-state index is 0.215. The van der Waals surface area contributed by atoms with Crippen molar-refractivity contribution in [3.63, 3.8) is 0 Å². The highest BCUT2D eigenvalue weighted by atomic mass is 14.7. The van der Waals surface area contributed by atoms with Crippen molar-refractivity contribution >= 4 is 0 Å². The maximum absolute atomic E-state index is 6.43. The molecule has 1 aliphatic carbocycles. The molecule has 0 bridgehead atoms. The molecule has 2 N–H and O–H groups in total. The summed E-state index contributed by atoms with van der Waals surface area (Å²) in [6.07, 6.45) is 6.27. The van der Waals surface area contributed by atoms with E-state index >= 15 is 0 Å². The molecule has 2 heteroatoms. The van der Waals surface area contributed by atoms with Crippen molar-refractivity contribution in [2.45, 2.75) is 44.6 Å². The van der Waals surface area contributed by atoms with Crippen molar-refractivity contribution in [2.75, 3.05) is 0 Å². The molecule has 2 atom stereocenters. The maximum Gasteiger partial charge on any atom is 0.0482 e. The van der Waals surface area contributed by atoms with Gasteiger partial charge in [0, 0.05) is 23.9 Å². The van der Waals surface area contributed by atoms with Gasteiger partial charge in [-0.25, -0.2) is 0 Å². The van der Waals surface area contributed by atoms with Gasteiger partial charge in [0.15, 0.2) is 0 Å². The summed E-state index contributed by atoms with van der Waals surface area (Å²) in [6, 6.07) is 13.2. The third kappa shape index (κ3) is 2.75. The lowest BCUT2D eigenvalue weighted by Gasteiger charge is -2.19. The molecule has 1 aromatic heterocycles. The largest absolute Gasteiger partial charge is 0.327 e. The zero-order valence-corrected chi connectivity index (χ0v) is 12.0. The summed E-state index contributed by atoms with van der Waals surface area (Å²) >= 11 is 0. The quantitative estimate of drug-likeness (QED) is 0.921. The molecular weight excluding hydrogens is 244 g/mol. The van der Waals surface area contributed by atoms with Gasteiger partial charge in [0.2, 0.25) is 0 Å². The number of hydrogen-bond donors (Lipinski definition) is 1. The molecule has 20 heavy (non-hydrogen) atoms. The summed E-state index contributed by atoms with van der Waals surface area (Å²) in [6.45, 7) is 2.12. The molecule has 2 unspecified atom stereocenters. The minimum absolute atomic E-state index is 0.215. The highest BCUT2D eigenvalue weighted by molar-refractivity contribution is 5.30. The van der Waals surface area contributed by atoms with Crippen LogP contribution in [0.25, 0.3) is 0 Å². The third-order valence-electron chi connectivity index (χ3n) is 4.41. The molecule has 0 fully saturated rings. The zero-order chi connectivity index (χ0) is 13.9. The first-order valence-electron chi connectivity index (χ1n) is 7.49. The van der Waals surface area contributed by atoms with E-state index in [4.69, 9.17) is 5.73 Å². The summed E-state index contributed by atoms with van der Waals surface area (Å²) in [5.41, 5.74) is 11.8. The van der Waals surface area contributed by atoms with E-state index in [0.29, 0.717) is 5.92 Å². The Morgan fingerprint density at radius 3 is 2.85 bits per heavy atom. The van der Waals surface area contributed by atoms with Crippen molar-refractivity contribution < 1.29 is 0 Å². The van der Waals surface area contributed by atoms with Crippen LogP contribution >= 0.6 is 0 Å². The Bertz CT molecular complexity index is 574. The van der Waals surface area contributed by atoms with Gasteiger partial charge in [-0.05, 0) is 49.8 Å². The molecule has 0 saturated heterocycles. The van der Waals surface area contributed by atoms with Gasteiger partial charge in [0.1, 0.15) is 0 Å². The van der Waals surface area contributed by atoms with E-state index in [2.05, 4.69) is 42.2 Å². The van der Waals surface area contributed by atoms with E-state index in [0.717, 1.165) is 25.7 Å². The Morgan fingerprint density at radius 2 is 2.05 bits per heavy atom. The van der Waals surface area contributed by atoms with Gasteiger partial charge in [0.25, 0.3) is 0 Å². The van der Waals surface area contributed by atoms with Gasteiger partial charge < -0.3 is 5.73 Å². The summed E-state index contributed by atoms with van der Waals surface area (Å²) in [5, 5.41) is 0. The molecule has 1 heterocycles. The van der Waals surface area contributed by atoms with Gasteiger partial charge >= 0.3 is 0 Å². The first-order chi connectivity index (χ1) is 9.74. The maximum atomic E-state index is 6.43. The van der Waals surface area contributed by atoms with Gasteiger partial charge in [0.05, 0.1) is 0 Å². The average molecular weight is 266 g/mol.